The molecule has 8 nitrogen and oxygen atoms in total. The number of carbonyl (C=O) groups is 1. The van der Waals surface area contributed by atoms with Crippen molar-refractivity contribution in [2.45, 2.75) is 78.3 Å². The predicted molar refractivity (Wildman–Crippen MR) is 149 cm³/mol. The fourth-order valence-corrected chi connectivity index (χ4v) is 7.59. The number of hydrogen-bond acceptors (Lipinski definition) is 6. The first-order valence-electron chi connectivity index (χ1n) is 13.3. The quantitative estimate of drug-likeness (QED) is 0.334. The van der Waals surface area contributed by atoms with Gasteiger partial charge in [-0.3, -0.25) is 9.69 Å². The molecule has 0 radical (unpaired) electrons. The van der Waals surface area contributed by atoms with Crippen LogP contribution < -0.4 is 5.73 Å². The summed E-state index contributed by atoms with van der Waals surface area (Å²) in [6.07, 6.45) is 5.65. The van der Waals surface area contributed by atoms with Gasteiger partial charge in [-0.2, -0.15) is 5.10 Å². The molecule has 1 aliphatic heterocycles. The first-order chi connectivity index (χ1) is 17.7. The van der Waals surface area contributed by atoms with Crippen LogP contribution in [0.5, 0.6) is 0 Å². The molecule has 3 N–H and O–H groups in total. The van der Waals surface area contributed by atoms with Gasteiger partial charge in [-0.15, -0.1) is 11.3 Å². The second kappa shape index (κ2) is 10.2. The maximum Gasteiger partial charge on any atom is 0.231 e. The molecule has 1 aliphatic rings. The van der Waals surface area contributed by atoms with E-state index in [1.165, 1.54) is 31.9 Å². The highest BCUT2D eigenvalue weighted by atomic mass is 32.1. The van der Waals surface area contributed by atoms with Crippen molar-refractivity contribution in [1.82, 2.24) is 24.5 Å². The zero-order valence-corrected chi connectivity index (χ0v) is 23.5. The van der Waals surface area contributed by atoms with Crippen LogP contribution >= 0.6 is 11.3 Å². The second-order valence-corrected chi connectivity index (χ2v) is 11.8. The number of rotatable bonds is 8. The lowest BCUT2D eigenvalue weighted by molar-refractivity contribution is -0.121. The first kappa shape index (κ1) is 25.9. The van der Waals surface area contributed by atoms with Gasteiger partial charge in [0.1, 0.15) is 11.2 Å². The standard InChI is InChI=1S/C28H38N6O2S/c1-7-36-13-21-10-19(9-17(5)33(21)12-22(29)35)26-18(6)24-23(15(2)3)25(32-28(24)37-26)20-8-16(4)27-30-14-31-34(27)11-20/h8,11,14-15,17,19,21,32H,7,9-10,12-13H2,1-6H3,(H2,29,35). The third kappa shape index (κ3) is 4.69. The van der Waals surface area contributed by atoms with Gasteiger partial charge in [0.15, 0.2) is 5.65 Å². The number of primary amides is 1. The molecule has 1 amide bonds. The topological polar surface area (TPSA) is 102 Å². The van der Waals surface area contributed by atoms with Gasteiger partial charge in [-0.25, -0.2) is 9.50 Å². The molecule has 0 aliphatic carbocycles. The van der Waals surface area contributed by atoms with Crippen LogP contribution in [0.25, 0.3) is 27.1 Å². The van der Waals surface area contributed by atoms with E-state index < -0.39 is 0 Å². The monoisotopic (exact) mass is 522 g/mol. The van der Waals surface area contributed by atoms with Crippen LogP contribution in [0.4, 0.5) is 0 Å². The number of aryl methyl sites for hydroxylation is 2. The van der Waals surface area contributed by atoms with Gasteiger partial charge in [0, 0.05) is 40.7 Å². The highest BCUT2D eigenvalue weighted by Gasteiger charge is 2.37. The van der Waals surface area contributed by atoms with E-state index in [1.54, 1.807) is 6.33 Å². The van der Waals surface area contributed by atoms with E-state index in [0.29, 0.717) is 25.0 Å². The van der Waals surface area contributed by atoms with Crippen LogP contribution in [0.15, 0.2) is 18.6 Å². The minimum atomic E-state index is -0.277. The second-order valence-electron chi connectivity index (χ2n) is 10.8. The minimum Gasteiger partial charge on any atom is -0.380 e. The normalized spacial score (nSPS) is 21.0. The highest BCUT2D eigenvalue weighted by Crippen LogP contribution is 2.47. The van der Waals surface area contributed by atoms with Crippen molar-refractivity contribution in [3.8, 4) is 11.3 Å². The Balaban J connectivity index is 1.54. The molecule has 1 saturated heterocycles. The number of likely N-dealkylation sites (tertiary alicyclic amines) is 1. The van der Waals surface area contributed by atoms with Gasteiger partial charge in [0.05, 0.1) is 18.8 Å². The van der Waals surface area contributed by atoms with Crippen molar-refractivity contribution in [3.05, 3.63) is 40.2 Å². The van der Waals surface area contributed by atoms with Crippen molar-refractivity contribution >= 4 is 33.1 Å². The summed E-state index contributed by atoms with van der Waals surface area (Å²) in [4.78, 5) is 24.9. The molecule has 5 rings (SSSR count). The fourth-order valence-electron chi connectivity index (χ4n) is 6.24. The lowest BCUT2D eigenvalue weighted by atomic mass is 9.83. The Morgan fingerprint density at radius 1 is 1.32 bits per heavy atom. The summed E-state index contributed by atoms with van der Waals surface area (Å²) in [5.41, 5.74) is 12.6. The first-order valence-corrected chi connectivity index (χ1v) is 14.1. The molecule has 0 spiro atoms. The number of carbonyl (C=O) groups excluding carboxylic acids is 1. The molecule has 0 bridgehead atoms. The minimum absolute atomic E-state index is 0.179. The average Bonchev–Trinajstić information content (AvgIpc) is 3.54. The van der Waals surface area contributed by atoms with Crippen LogP contribution in [0.1, 0.15) is 73.9 Å². The molecule has 0 saturated carbocycles. The Morgan fingerprint density at radius 2 is 2.11 bits per heavy atom. The number of aromatic amines is 1. The van der Waals surface area contributed by atoms with Crippen molar-refractivity contribution in [1.29, 1.82) is 0 Å². The van der Waals surface area contributed by atoms with Crippen LogP contribution in [0.3, 0.4) is 0 Å². The number of nitrogens with zero attached hydrogens (tertiary/aromatic N) is 4. The summed E-state index contributed by atoms with van der Waals surface area (Å²) in [5.74, 6) is 0.507. The lowest BCUT2D eigenvalue weighted by Crippen LogP contribution is -2.52. The van der Waals surface area contributed by atoms with E-state index in [4.69, 9.17) is 10.5 Å². The SMILES string of the molecule is CCOCC1CC(c2sc3[nH]c(-c4cc(C)c5ncnn5c4)c(C(C)C)c3c2C)CC(C)N1CC(N)=O. The Morgan fingerprint density at radius 3 is 2.81 bits per heavy atom. The molecule has 3 atom stereocenters. The number of pyridine rings is 1. The summed E-state index contributed by atoms with van der Waals surface area (Å²) in [6, 6.07) is 2.64. The van der Waals surface area contributed by atoms with Gasteiger partial charge < -0.3 is 15.5 Å². The van der Waals surface area contributed by atoms with Gasteiger partial charge in [-0.05, 0) is 75.1 Å². The molecule has 198 valence electrons. The number of amides is 1. The van der Waals surface area contributed by atoms with Crippen molar-refractivity contribution < 1.29 is 9.53 Å². The number of nitrogens with one attached hydrogen (secondary N) is 1. The molecule has 3 unspecified atom stereocenters. The molecule has 5 heterocycles. The molecular weight excluding hydrogens is 484 g/mol. The summed E-state index contributed by atoms with van der Waals surface area (Å²) in [7, 11) is 0. The van der Waals surface area contributed by atoms with Gasteiger partial charge in [-0.1, -0.05) is 13.8 Å². The van der Waals surface area contributed by atoms with Crippen LogP contribution in [0.2, 0.25) is 0 Å². The Hall–Kier alpha value is -2.75. The van der Waals surface area contributed by atoms with E-state index in [0.717, 1.165) is 29.6 Å². The maximum absolute atomic E-state index is 11.8. The van der Waals surface area contributed by atoms with E-state index in [1.807, 2.05) is 22.8 Å². The zero-order chi connectivity index (χ0) is 26.4. The molecule has 4 aromatic rings. The molecule has 0 aromatic carbocycles. The Labute approximate surface area is 222 Å². The number of nitrogens with two attached hydrogens (primary N) is 1. The van der Waals surface area contributed by atoms with Crippen LogP contribution in [0, 0.1) is 13.8 Å². The van der Waals surface area contributed by atoms with E-state index in [9.17, 15) is 4.79 Å². The van der Waals surface area contributed by atoms with Crippen LogP contribution in [-0.4, -0.2) is 62.2 Å². The van der Waals surface area contributed by atoms with E-state index in [2.05, 4.69) is 66.8 Å². The number of hydrogen-bond donors (Lipinski definition) is 2. The highest BCUT2D eigenvalue weighted by molar-refractivity contribution is 7.19. The van der Waals surface area contributed by atoms with Crippen molar-refractivity contribution in [2.75, 3.05) is 19.8 Å². The molecule has 37 heavy (non-hydrogen) atoms. The van der Waals surface area contributed by atoms with Crippen molar-refractivity contribution in [2.24, 2.45) is 5.73 Å². The van der Waals surface area contributed by atoms with Gasteiger partial charge in [0.25, 0.3) is 0 Å². The average molecular weight is 523 g/mol. The van der Waals surface area contributed by atoms with E-state index in [-0.39, 0.29) is 24.5 Å². The molecule has 1 fully saturated rings. The zero-order valence-electron chi connectivity index (χ0n) is 22.7. The summed E-state index contributed by atoms with van der Waals surface area (Å²) < 4.78 is 7.70. The fraction of sp³-hybridized carbons (Fsp3) is 0.536. The van der Waals surface area contributed by atoms with Gasteiger partial charge >= 0.3 is 0 Å². The maximum atomic E-state index is 11.8. The summed E-state index contributed by atoms with van der Waals surface area (Å²) in [5, 5.41) is 5.74. The molecule has 9 heteroatoms. The lowest BCUT2D eigenvalue weighted by Gasteiger charge is -2.43. The molecule has 4 aromatic heterocycles. The number of fused-ring (bicyclic) bond motifs is 2. The Kier molecular flexibility index (Phi) is 7.13. The number of aromatic nitrogens is 4. The number of ether oxygens (including phenoxy) is 1. The van der Waals surface area contributed by atoms with Crippen molar-refractivity contribution in [3.63, 3.8) is 0 Å². The largest absolute Gasteiger partial charge is 0.380 e. The number of piperidine rings is 1. The predicted octanol–water partition coefficient (Wildman–Crippen LogP) is 5.14. The van der Waals surface area contributed by atoms with Gasteiger partial charge in [0.2, 0.25) is 5.91 Å². The number of thiophene rings is 1. The third-order valence-electron chi connectivity index (χ3n) is 7.83. The summed E-state index contributed by atoms with van der Waals surface area (Å²) >= 11 is 1.89. The van der Waals surface area contributed by atoms with E-state index >= 15 is 0 Å². The van der Waals surface area contributed by atoms with Crippen LogP contribution in [-0.2, 0) is 9.53 Å². The summed E-state index contributed by atoms with van der Waals surface area (Å²) in [6.45, 7) is 14.7. The smallest absolute Gasteiger partial charge is 0.231 e. The third-order valence-corrected chi connectivity index (χ3v) is 9.20. The Bertz CT molecular complexity index is 1430. The number of H-pyrrole nitrogens is 1. The molecular formula is C28H38N6O2S.